The molecular weight excluding hydrogens is 364 g/mol. The first-order chi connectivity index (χ1) is 13.3. The summed E-state index contributed by atoms with van der Waals surface area (Å²) in [5, 5.41) is 13.0. The van der Waals surface area contributed by atoms with Gasteiger partial charge < -0.3 is 0 Å². The third kappa shape index (κ3) is 2.33. The molecule has 2 aromatic heterocycles. The fourth-order valence-corrected chi connectivity index (χ4v) is 6.29. The molecule has 6 rings (SSSR count). The second kappa shape index (κ2) is 5.79. The van der Waals surface area contributed by atoms with E-state index in [1.807, 2.05) is 22.7 Å². The maximum absolute atomic E-state index is 2.41. The van der Waals surface area contributed by atoms with Crippen molar-refractivity contribution in [1.82, 2.24) is 0 Å². The second-order valence-corrected chi connectivity index (χ2v) is 9.45. The molecule has 0 aliphatic heterocycles. The summed E-state index contributed by atoms with van der Waals surface area (Å²) >= 11 is 3.78. The minimum atomic E-state index is 1.18. The minimum Gasteiger partial charge on any atom is -0.144 e. The molecule has 0 nitrogen and oxygen atoms in total. The van der Waals surface area contributed by atoms with Gasteiger partial charge in [0, 0.05) is 14.3 Å². The van der Waals surface area contributed by atoms with Gasteiger partial charge in [-0.05, 0) is 91.3 Å². The van der Waals surface area contributed by atoms with Gasteiger partial charge in [0.2, 0.25) is 0 Å². The van der Waals surface area contributed by atoms with Crippen molar-refractivity contribution in [1.29, 1.82) is 0 Å². The molecule has 0 unspecified atom stereocenters. The van der Waals surface area contributed by atoms with Gasteiger partial charge in [-0.25, -0.2) is 0 Å². The zero-order valence-corrected chi connectivity index (χ0v) is 16.7. The number of aryl methyl sites for hydroxylation is 1. The Labute approximate surface area is 165 Å². The SMILES string of the molecule is CCCc1cc2cc3ccc4c5cc6sccc6cc5ccc4c3cc2s1. The van der Waals surface area contributed by atoms with Gasteiger partial charge in [-0.2, -0.15) is 0 Å². The molecule has 27 heavy (non-hydrogen) atoms. The topological polar surface area (TPSA) is 0 Å². The van der Waals surface area contributed by atoms with Gasteiger partial charge in [-0.15, -0.1) is 22.7 Å². The van der Waals surface area contributed by atoms with Crippen LogP contribution in [0.5, 0.6) is 0 Å². The van der Waals surface area contributed by atoms with Crippen LogP contribution in [-0.2, 0) is 6.42 Å². The van der Waals surface area contributed by atoms with Gasteiger partial charge in [0.1, 0.15) is 0 Å². The van der Waals surface area contributed by atoms with E-state index in [-0.39, 0.29) is 0 Å². The average Bonchev–Trinajstić information content (AvgIpc) is 3.29. The van der Waals surface area contributed by atoms with Crippen LogP contribution in [0.15, 0.2) is 66.0 Å². The van der Waals surface area contributed by atoms with E-state index in [0.717, 1.165) is 0 Å². The molecule has 0 N–H and O–H groups in total. The maximum atomic E-state index is 2.41. The van der Waals surface area contributed by atoms with Crippen LogP contribution in [0, 0.1) is 0 Å². The van der Waals surface area contributed by atoms with Crippen LogP contribution in [0.25, 0.3) is 52.5 Å². The average molecular weight is 383 g/mol. The summed E-state index contributed by atoms with van der Waals surface area (Å²) in [4.78, 5) is 1.50. The molecule has 130 valence electrons. The van der Waals surface area contributed by atoms with Crippen molar-refractivity contribution in [2.75, 3.05) is 0 Å². The monoisotopic (exact) mass is 382 g/mol. The standard InChI is InChI=1S/C25H18S2/c1-2-3-19-12-18-11-16-5-7-20-21(23(16)14-25(18)27-19)6-4-15-10-17-8-9-26-24(17)13-22(15)20/h4-14H,2-3H2,1H3. The Balaban J connectivity index is 1.71. The number of rotatable bonds is 2. The summed E-state index contributed by atoms with van der Waals surface area (Å²) in [5.74, 6) is 0. The Hall–Kier alpha value is -2.42. The van der Waals surface area contributed by atoms with E-state index in [0.29, 0.717) is 0 Å². The maximum Gasteiger partial charge on any atom is 0.0352 e. The van der Waals surface area contributed by atoms with Crippen LogP contribution < -0.4 is 0 Å². The third-order valence-electron chi connectivity index (χ3n) is 5.59. The molecule has 0 atom stereocenters. The molecule has 0 amide bonds. The first kappa shape index (κ1) is 15.6. The van der Waals surface area contributed by atoms with Gasteiger partial charge in [0.15, 0.2) is 0 Å². The Morgan fingerprint density at radius 2 is 1.33 bits per heavy atom. The Morgan fingerprint density at radius 3 is 2.07 bits per heavy atom. The zero-order valence-electron chi connectivity index (χ0n) is 15.1. The van der Waals surface area contributed by atoms with Crippen LogP contribution in [0.3, 0.4) is 0 Å². The summed E-state index contributed by atoms with van der Waals surface area (Å²) in [5.41, 5.74) is 0. The van der Waals surface area contributed by atoms with Crippen molar-refractivity contribution >= 4 is 75.2 Å². The molecule has 0 aliphatic rings. The van der Waals surface area contributed by atoms with Crippen LogP contribution >= 0.6 is 22.7 Å². The van der Waals surface area contributed by atoms with Gasteiger partial charge in [-0.1, -0.05) is 37.6 Å². The number of hydrogen-bond donors (Lipinski definition) is 0. The molecule has 0 saturated carbocycles. The number of thiophene rings is 2. The Morgan fingerprint density at radius 1 is 0.630 bits per heavy atom. The number of fused-ring (bicyclic) bond motifs is 7. The molecule has 0 radical (unpaired) electrons. The quantitative estimate of drug-likeness (QED) is 0.263. The van der Waals surface area contributed by atoms with Crippen LogP contribution in [0.2, 0.25) is 0 Å². The highest BCUT2D eigenvalue weighted by molar-refractivity contribution is 7.19. The Kier molecular flexibility index (Phi) is 3.35. The number of hydrogen-bond acceptors (Lipinski definition) is 2. The smallest absolute Gasteiger partial charge is 0.0352 e. The third-order valence-corrected chi connectivity index (χ3v) is 7.63. The van der Waals surface area contributed by atoms with Crippen molar-refractivity contribution in [3.05, 3.63) is 70.9 Å². The van der Waals surface area contributed by atoms with Crippen molar-refractivity contribution < 1.29 is 0 Å². The van der Waals surface area contributed by atoms with E-state index in [4.69, 9.17) is 0 Å². The van der Waals surface area contributed by atoms with E-state index >= 15 is 0 Å². The molecule has 0 spiro atoms. The van der Waals surface area contributed by atoms with E-state index in [9.17, 15) is 0 Å². The lowest BCUT2D eigenvalue weighted by molar-refractivity contribution is 0.941. The molecule has 0 saturated heterocycles. The lowest BCUT2D eigenvalue weighted by Gasteiger charge is -2.08. The molecule has 2 heterocycles. The van der Waals surface area contributed by atoms with Gasteiger partial charge >= 0.3 is 0 Å². The van der Waals surface area contributed by atoms with Crippen LogP contribution in [-0.4, -0.2) is 0 Å². The summed E-state index contributed by atoms with van der Waals surface area (Å²) in [7, 11) is 0. The van der Waals surface area contributed by atoms with Crippen LogP contribution in [0.4, 0.5) is 0 Å². The highest BCUT2D eigenvalue weighted by atomic mass is 32.1. The molecule has 0 fully saturated rings. The van der Waals surface area contributed by atoms with Gasteiger partial charge in [-0.3, -0.25) is 0 Å². The van der Waals surface area contributed by atoms with Crippen molar-refractivity contribution in [2.45, 2.75) is 19.8 Å². The zero-order chi connectivity index (χ0) is 18.0. The molecule has 6 aromatic rings. The molecular formula is C25H18S2. The van der Waals surface area contributed by atoms with E-state index in [2.05, 4.69) is 73.0 Å². The summed E-state index contributed by atoms with van der Waals surface area (Å²) in [6, 6.07) is 23.3. The van der Waals surface area contributed by atoms with Crippen molar-refractivity contribution in [3.63, 3.8) is 0 Å². The lowest BCUT2D eigenvalue weighted by atomic mass is 9.96. The van der Waals surface area contributed by atoms with Crippen LogP contribution in [0.1, 0.15) is 18.2 Å². The van der Waals surface area contributed by atoms with E-state index in [1.54, 1.807) is 0 Å². The van der Waals surface area contributed by atoms with E-state index in [1.165, 1.54) is 70.2 Å². The minimum absolute atomic E-state index is 1.18. The predicted octanol–water partition coefficient (Wildman–Crippen LogP) is 8.53. The summed E-state index contributed by atoms with van der Waals surface area (Å²) < 4.78 is 2.78. The van der Waals surface area contributed by atoms with Crippen molar-refractivity contribution in [2.24, 2.45) is 0 Å². The fraction of sp³-hybridized carbons (Fsp3) is 0.120. The lowest BCUT2D eigenvalue weighted by Crippen LogP contribution is -1.81. The van der Waals surface area contributed by atoms with Gasteiger partial charge in [0.05, 0.1) is 0 Å². The first-order valence-corrected chi connectivity index (χ1v) is 11.2. The molecule has 0 bridgehead atoms. The van der Waals surface area contributed by atoms with E-state index < -0.39 is 0 Å². The predicted molar refractivity (Wildman–Crippen MR) is 124 cm³/mol. The summed E-state index contributed by atoms with van der Waals surface area (Å²) in [6.45, 7) is 2.25. The Bertz CT molecular complexity index is 1480. The highest BCUT2D eigenvalue weighted by Gasteiger charge is 2.09. The fourth-order valence-electron chi connectivity index (χ4n) is 4.29. The number of benzene rings is 4. The van der Waals surface area contributed by atoms with Gasteiger partial charge in [0.25, 0.3) is 0 Å². The molecule has 2 heteroatoms. The first-order valence-electron chi connectivity index (χ1n) is 9.49. The van der Waals surface area contributed by atoms with Crippen molar-refractivity contribution in [3.8, 4) is 0 Å². The normalized spacial score (nSPS) is 12.2. The molecule has 0 aliphatic carbocycles. The second-order valence-electron chi connectivity index (χ2n) is 7.33. The largest absolute Gasteiger partial charge is 0.144 e. The molecule has 4 aromatic carbocycles. The summed E-state index contributed by atoms with van der Waals surface area (Å²) in [6.07, 6.45) is 2.39. The highest BCUT2D eigenvalue weighted by Crippen LogP contribution is 2.37.